The summed E-state index contributed by atoms with van der Waals surface area (Å²) in [4.78, 5) is 65.7. The van der Waals surface area contributed by atoms with Crippen LogP contribution in [0.2, 0.25) is 0 Å². The zero-order valence-corrected chi connectivity index (χ0v) is 20.2. The summed E-state index contributed by atoms with van der Waals surface area (Å²) in [5.74, 6) is -2.45. The fourth-order valence-electron chi connectivity index (χ4n) is 4.57. The lowest BCUT2D eigenvalue weighted by molar-refractivity contribution is -0.126. The van der Waals surface area contributed by atoms with Gasteiger partial charge in [0.25, 0.3) is 17.7 Å². The van der Waals surface area contributed by atoms with E-state index in [0.717, 1.165) is 22.6 Å². The molecule has 0 aromatic heterocycles. The number of imide groups is 1. The Kier molecular flexibility index (Phi) is 6.04. The number of anilines is 3. The van der Waals surface area contributed by atoms with Crippen LogP contribution in [0.5, 0.6) is 0 Å². The number of carbonyl (C=O) groups excluding carboxylic acids is 5. The van der Waals surface area contributed by atoms with Crippen molar-refractivity contribution < 1.29 is 28.7 Å². The SMILES string of the molecule is CC(=O)Nc1ccc(N2C(=O)c3ccc(C(=O)OC(C)C(=O)N4CCc5ccccc54)cc3C2=O)cc1. The molecule has 0 aliphatic carbocycles. The molecule has 186 valence electrons. The lowest BCUT2D eigenvalue weighted by Crippen LogP contribution is -2.39. The van der Waals surface area contributed by atoms with Gasteiger partial charge >= 0.3 is 5.97 Å². The Hall–Kier alpha value is -4.79. The van der Waals surface area contributed by atoms with Crippen molar-refractivity contribution >= 4 is 46.7 Å². The van der Waals surface area contributed by atoms with E-state index in [9.17, 15) is 24.0 Å². The van der Waals surface area contributed by atoms with Gasteiger partial charge in [0.2, 0.25) is 5.91 Å². The second-order valence-corrected chi connectivity index (χ2v) is 8.85. The average molecular weight is 498 g/mol. The minimum atomic E-state index is -1.04. The third-order valence-corrected chi connectivity index (χ3v) is 6.35. The molecule has 0 fully saturated rings. The molecule has 0 radical (unpaired) electrons. The molecule has 0 spiro atoms. The molecule has 4 amide bonds. The van der Waals surface area contributed by atoms with Crippen molar-refractivity contribution in [1.82, 2.24) is 0 Å². The highest BCUT2D eigenvalue weighted by molar-refractivity contribution is 6.34. The lowest BCUT2D eigenvalue weighted by Gasteiger charge is -2.21. The molecule has 1 N–H and O–H groups in total. The standard InChI is InChI=1S/C28H23N3O6/c1-16(25(33)30-14-13-18-5-3-4-6-24(18)30)37-28(36)19-7-12-22-23(15-19)27(35)31(26(22)34)21-10-8-20(9-11-21)29-17(2)32/h3-12,15-16H,13-14H2,1-2H3,(H,29,32). The van der Waals surface area contributed by atoms with E-state index in [4.69, 9.17) is 4.74 Å². The number of hydrogen-bond donors (Lipinski definition) is 1. The largest absolute Gasteiger partial charge is 0.449 e. The first-order chi connectivity index (χ1) is 17.7. The number of amides is 4. The van der Waals surface area contributed by atoms with E-state index in [1.165, 1.54) is 32.0 Å². The van der Waals surface area contributed by atoms with Crippen LogP contribution in [0.3, 0.4) is 0 Å². The molecular formula is C28H23N3O6. The summed E-state index contributed by atoms with van der Waals surface area (Å²) in [6, 6.07) is 18.0. The fraction of sp³-hybridized carbons (Fsp3) is 0.179. The summed E-state index contributed by atoms with van der Waals surface area (Å²) in [7, 11) is 0. The Morgan fingerprint density at radius 3 is 2.35 bits per heavy atom. The molecule has 0 saturated heterocycles. The Labute approximate surface area is 212 Å². The summed E-state index contributed by atoms with van der Waals surface area (Å²) in [6.45, 7) is 3.40. The van der Waals surface area contributed by atoms with E-state index >= 15 is 0 Å². The van der Waals surface area contributed by atoms with E-state index in [1.54, 1.807) is 29.2 Å². The van der Waals surface area contributed by atoms with Gasteiger partial charge in [-0.2, -0.15) is 0 Å². The van der Waals surface area contributed by atoms with Gasteiger partial charge in [-0.25, -0.2) is 9.69 Å². The molecule has 1 unspecified atom stereocenters. The molecule has 3 aromatic rings. The van der Waals surface area contributed by atoms with Gasteiger partial charge in [-0.3, -0.25) is 19.2 Å². The number of nitrogens with zero attached hydrogens (tertiary/aromatic N) is 2. The van der Waals surface area contributed by atoms with Crippen molar-refractivity contribution in [3.8, 4) is 0 Å². The quantitative estimate of drug-likeness (QED) is 0.426. The molecule has 37 heavy (non-hydrogen) atoms. The van der Waals surface area contributed by atoms with Crippen LogP contribution in [0.4, 0.5) is 17.1 Å². The van der Waals surface area contributed by atoms with Crippen molar-refractivity contribution in [1.29, 1.82) is 0 Å². The van der Waals surface area contributed by atoms with Crippen LogP contribution >= 0.6 is 0 Å². The zero-order chi connectivity index (χ0) is 26.3. The van der Waals surface area contributed by atoms with Crippen molar-refractivity contribution in [2.45, 2.75) is 26.4 Å². The summed E-state index contributed by atoms with van der Waals surface area (Å²) in [5, 5.41) is 2.62. The highest BCUT2D eigenvalue weighted by atomic mass is 16.5. The number of fused-ring (bicyclic) bond motifs is 2. The zero-order valence-electron chi connectivity index (χ0n) is 20.2. The Morgan fingerprint density at radius 1 is 0.919 bits per heavy atom. The first kappa shape index (κ1) is 23.9. The summed E-state index contributed by atoms with van der Waals surface area (Å²) >= 11 is 0. The number of ether oxygens (including phenoxy) is 1. The Morgan fingerprint density at radius 2 is 1.62 bits per heavy atom. The summed E-state index contributed by atoms with van der Waals surface area (Å²) in [5.41, 5.74) is 3.01. The van der Waals surface area contributed by atoms with Gasteiger partial charge in [-0.15, -0.1) is 0 Å². The first-order valence-electron chi connectivity index (χ1n) is 11.8. The normalized spacial score (nSPS) is 14.8. The number of esters is 1. The molecular weight excluding hydrogens is 474 g/mol. The maximum Gasteiger partial charge on any atom is 0.338 e. The van der Waals surface area contributed by atoms with E-state index in [-0.39, 0.29) is 28.5 Å². The number of nitrogens with one attached hydrogen (secondary N) is 1. The van der Waals surface area contributed by atoms with Crippen LogP contribution in [0.1, 0.15) is 50.5 Å². The van der Waals surface area contributed by atoms with E-state index < -0.39 is 23.9 Å². The average Bonchev–Trinajstić information content (AvgIpc) is 3.42. The monoisotopic (exact) mass is 497 g/mol. The number of para-hydroxylation sites is 1. The topological polar surface area (TPSA) is 113 Å². The number of hydrogen-bond acceptors (Lipinski definition) is 6. The third-order valence-electron chi connectivity index (χ3n) is 6.35. The van der Waals surface area contributed by atoms with Crippen molar-refractivity contribution in [3.05, 3.63) is 89.0 Å². The minimum Gasteiger partial charge on any atom is -0.449 e. The molecule has 1 atom stereocenters. The second-order valence-electron chi connectivity index (χ2n) is 8.85. The van der Waals surface area contributed by atoms with E-state index in [1.807, 2.05) is 24.3 Å². The van der Waals surface area contributed by atoms with Crippen LogP contribution in [-0.2, 0) is 20.7 Å². The Bertz CT molecular complexity index is 1460. The molecule has 2 heterocycles. The maximum atomic E-state index is 13.1. The minimum absolute atomic E-state index is 0.0595. The van der Waals surface area contributed by atoms with Gasteiger partial charge in [0.1, 0.15) is 0 Å². The maximum absolute atomic E-state index is 13.1. The van der Waals surface area contributed by atoms with Gasteiger partial charge in [0, 0.05) is 24.8 Å². The lowest BCUT2D eigenvalue weighted by atomic mass is 10.1. The molecule has 2 aliphatic heterocycles. The highest BCUT2D eigenvalue weighted by Gasteiger charge is 2.37. The van der Waals surface area contributed by atoms with Crippen LogP contribution in [0.25, 0.3) is 0 Å². The van der Waals surface area contributed by atoms with Gasteiger partial charge < -0.3 is 15.0 Å². The predicted molar refractivity (Wildman–Crippen MR) is 136 cm³/mol. The first-order valence-corrected chi connectivity index (χ1v) is 11.8. The van der Waals surface area contributed by atoms with Gasteiger partial charge in [0.05, 0.1) is 22.4 Å². The van der Waals surface area contributed by atoms with Crippen LogP contribution in [0.15, 0.2) is 66.7 Å². The van der Waals surface area contributed by atoms with Crippen molar-refractivity contribution in [2.75, 3.05) is 21.7 Å². The van der Waals surface area contributed by atoms with Crippen molar-refractivity contribution in [3.63, 3.8) is 0 Å². The molecule has 0 bridgehead atoms. The summed E-state index contributed by atoms with van der Waals surface area (Å²) < 4.78 is 5.43. The number of carbonyl (C=O) groups is 5. The van der Waals surface area contributed by atoms with E-state index in [2.05, 4.69) is 5.32 Å². The molecule has 9 nitrogen and oxygen atoms in total. The van der Waals surface area contributed by atoms with Gasteiger partial charge in [-0.05, 0) is 67.4 Å². The molecule has 3 aromatic carbocycles. The van der Waals surface area contributed by atoms with Crippen LogP contribution in [0, 0.1) is 0 Å². The smallest absolute Gasteiger partial charge is 0.338 e. The molecule has 2 aliphatic rings. The van der Waals surface area contributed by atoms with Crippen LogP contribution < -0.4 is 15.1 Å². The molecule has 5 rings (SSSR count). The van der Waals surface area contributed by atoms with Crippen LogP contribution in [-0.4, -0.2) is 42.2 Å². The number of benzene rings is 3. The highest BCUT2D eigenvalue weighted by Crippen LogP contribution is 2.31. The predicted octanol–water partition coefficient (Wildman–Crippen LogP) is 3.58. The summed E-state index contributed by atoms with van der Waals surface area (Å²) in [6.07, 6.45) is -0.307. The van der Waals surface area contributed by atoms with Crippen molar-refractivity contribution in [2.24, 2.45) is 0 Å². The van der Waals surface area contributed by atoms with E-state index in [0.29, 0.717) is 17.9 Å². The number of rotatable bonds is 5. The fourth-order valence-corrected chi connectivity index (χ4v) is 4.57. The molecule has 0 saturated carbocycles. The Balaban J connectivity index is 1.31. The second kappa shape index (κ2) is 9.34. The molecule has 9 heteroatoms. The van der Waals surface area contributed by atoms with Gasteiger partial charge in [0.15, 0.2) is 6.10 Å². The van der Waals surface area contributed by atoms with Gasteiger partial charge in [-0.1, -0.05) is 18.2 Å². The third kappa shape index (κ3) is 4.35.